The maximum Gasteiger partial charge on any atom is 0.330 e. The van der Waals surface area contributed by atoms with Gasteiger partial charge in [-0.25, -0.2) is 13.2 Å². The van der Waals surface area contributed by atoms with Gasteiger partial charge < -0.3 is 4.84 Å². The molecule has 0 aromatic rings. The molecule has 1 aliphatic heterocycles. The Morgan fingerprint density at radius 2 is 1.74 bits per heavy atom. The van der Waals surface area contributed by atoms with Gasteiger partial charge in [0.15, 0.2) is 0 Å². The third-order valence-corrected chi connectivity index (χ3v) is 4.49. The van der Waals surface area contributed by atoms with Crippen molar-refractivity contribution in [2.24, 2.45) is 5.41 Å². The topological polar surface area (TPSA) is 66.9 Å². The molecule has 0 aromatic heterocycles. The van der Waals surface area contributed by atoms with Crippen molar-refractivity contribution < 1.29 is 18.0 Å². The van der Waals surface area contributed by atoms with Gasteiger partial charge in [0, 0.05) is 18.6 Å². The van der Waals surface area contributed by atoms with Gasteiger partial charge in [-0.3, -0.25) is 0 Å². The van der Waals surface area contributed by atoms with Crippen molar-refractivity contribution in [3.05, 3.63) is 0 Å². The van der Waals surface area contributed by atoms with Crippen LogP contribution in [0.1, 0.15) is 34.6 Å². The van der Waals surface area contributed by atoms with Crippen LogP contribution in [0.5, 0.6) is 0 Å². The molecule has 0 atom stereocenters. The molecule has 1 heterocycles. The van der Waals surface area contributed by atoms with E-state index in [9.17, 15) is 13.2 Å². The highest BCUT2D eigenvalue weighted by molar-refractivity contribution is 7.88. The molecule has 0 N–H and O–H groups in total. The van der Waals surface area contributed by atoms with Crippen LogP contribution in [0, 0.1) is 5.41 Å². The average molecular weight is 292 g/mol. The zero-order valence-electron chi connectivity index (χ0n) is 12.6. The van der Waals surface area contributed by atoms with E-state index in [4.69, 9.17) is 4.84 Å². The number of piperazine rings is 1. The van der Waals surface area contributed by atoms with Crippen LogP contribution in [0.2, 0.25) is 0 Å². The first-order valence-corrected chi connectivity index (χ1v) is 8.14. The first-order valence-electron chi connectivity index (χ1n) is 6.29. The fourth-order valence-electron chi connectivity index (χ4n) is 2.04. The number of nitrogens with zero attached hydrogens (tertiary/aromatic N) is 2. The monoisotopic (exact) mass is 292 g/mol. The molecule has 0 amide bonds. The predicted octanol–water partition coefficient (Wildman–Crippen LogP) is 0.847. The van der Waals surface area contributed by atoms with E-state index in [1.165, 1.54) is 10.6 Å². The lowest BCUT2D eigenvalue weighted by Crippen LogP contribution is -2.61. The number of hydrogen-bond acceptors (Lipinski definition) is 5. The minimum Gasteiger partial charge on any atom is -0.367 e. The van der Waals surface area contributed by atoms with Gasteiger partial charge in [-0.1, -0.05) is 0 Å². The van der Waals surface area contributed by atoms with Crippen LogP contribution in [0.15, 0.2) is 0 Å². The normalized spacial score (nSPS) is 22.2. The maximum absolute atomic E-state index is 11.8. The second-order valence-corrected chi connectivity index (χ2v) is 8.55. The van der Waals surface area contributed by atoms with Crippen LogP contribution < -0.4 is 0 Å². The van der Waals surface area contributed by atoms with Gasteiger partial charge in [0.25, 0.3) is 0 Å². The van der Waals surface area contributed by atoms with Crippen molar-refractivity contribution in [2.45, 2.75) is 40.2 Å². The predicted molar refractivity (Wildman–Crippen MR) is 72.7 cm³/mol. The number of sulfonamides is 1. The zero-order chi connectivity index (χ0) is 15.1. The van der Waals surface area contributed by atoms with E-state index in [1.54, 1.807) is 25.8 Å². The van der Waals surface area contributed by atoms with Gasteiger partial charge in [0.05, 0.1) is 18.2 Å². The highest BCUT2D eigenvalue weighted by atomic mass is 32.2. The average Bonchev–Trinajstić information content (AvgIpc) is 2.11. The molecule has 112 valence electrons. The molecule has 19 heavy (non-hydrogen) atoms. The third-order valence-electron chi connectivity index (χ3n) is 3.02. The zero-order valence-corrected chi connectivity index (χ0v) is 13.4. The Morgan fingerprint density at radius 3 is 2.11 bits per heavy atom. The van der Waals surface area contributed by atoms with Crippen molar-refractivity contribution in [3.63, 3.8) is 0 Å². The van der Waals surface area contributed by atoms with Crippen LogP contribution in [0.25, 0.3) is 0 Å². The number of carbonyl (C=O) groups excluding carboxylic acids is 1. The largest absolute Gasteiger partial charge is 0.367 e. The molecular weight excluding hydrogens is 268 g/mol. The van der Waals surface area contributed by atoms with E-state index < -0.39 is 21.0 Å². The highest BCUT2D eigenvalue weighted by Gasteiger charge is 2.41. The van der Waals surface area contributed by atoms with Crippen molar-refractivity contribution >= 4 is 16.0 Å². The molecule has 0 bridgehead atoms. The maximum atomic E-state index is 11.8. The van der Waals surface area contributed by atoms with Crippen LogP contribution >= 0.6 is 0 Å². The fraction of sp³-hybridized carbons (Fsp3) is 0.917. The molecule has 0 unspecified atom stereocenters. The second kappa shape index (κ2) is 5.03. The molecule has 7 heteroatoms. The molecule has 0 aromatic carbocycles. The molecule has 1 aliphatic rings. The molecule has 1 saturated heterocycles. The van der Waals surface area contributed by atoms with E-state index >= 15 is 0 Å². The van der Waals surface area contributed by atoms with Gasteiger partial charge in [0.2, 0.25) is 10.0 Å². The Kier molecular flexibility index (Phi) is 4.34. The van der Waals surface area contributed by atoms with Crippen molar-refractivity contribution in [1.29, 1.82) is 0 Å². The number of hydroxylamine groups is 2. The van der Waals surface area contributed by atoms with E-state index in [-0.39, 0.29) is 5.97 Å². The van der Waals surface area contributed by atoms with Gasteiger partial charge in [-0.05, 0) is 34.6 Å². The summed E-state index contributed by atoms with van der Waals surface area (Å²) in [5, 5.41) is 1.55. The van der Waals surface area contributed by atoms with Crippen LogP contribution in [0.4, 0.5) is 0 Å². The van der Waals surface area contributed by atoms with E-state index in [0.717, 1.165) is 0 Å². The number of rotatable bonds is 2. The van der Waals surface area contributed by atoms with Crippen LogP contribution in [-0.2, 0) is 19.7 Å². The summed E-state index contributed by atoms with van der Waals surface area (Å²) in [6.07, 6.45) is 1.20. The smallest absolute Gasteiger partial charge is 0.330 e. The summed E-state index contributed by atoms with van der Waals surface area (Å²) in [4.78, 5) is 17.2. The van der Waals surface area contributed by atoms with E-state index in [2.05, 4.69) is 0 Å². The first-order chi connectivity index (χ1) is 8.34. The van der Waals surface area contributed by atoms with Crippen molar-refractivity contribution in [1.82, 2.24) is 9.37 Å². The van der Waals surface area contributed by atoms with Crippen LogP contribution in [0.3, 0.4) is 0 Å². The molecule has 0 spiro atoms. The Balaban J connectivity index is 2.75. The molecule has 0 saturated carbocycles. The molecule has 1 fully saturated rings. The lowest BCUT2D eigenvalue weighted by atomic mass is 9.97. The van der Waals surface area contributed by atoms with Gasteiger partial charge in [-0.15, -0.1) is 5.06 Å². The molecule has 0 aliphatic carbocycles. The molecule has 6 nitrogen and oxygen atoms in total. The summed E-state index contributed by atoms with van der Waals surface area (Å²) in [5.41, 5.74) is -1.16. The summed E-state index contributed by atoms with van der Waals surface area (Å²) in [5.74, 6) is -0.309. The summed E-state index contributed by atoms with van der Waals surface area (Å²) in [6, 6.07) is 0. The summed E-state index contributed by atoms with van der Waals surface area (Å²) < 4.78 is 24.8. The lowest BCUT2D eigenvalue weighted by Gasteiger charge is -2.44. The van der Waals surface area contributed by atoms with E-state index in [0.29, 0.717) is 19.6 Å². The summed E-state index contributed by atoms with van der Waals surface area (Å²) in [6.45, 7) is 10.1. The SMILES string of the molecule is CC(C)(C)C(=O)ON1CCN(S(C)(=O)=O)C(C)(C)C1. The van der Waals surface area contributed by atoms with Crippen LogP contribution in [-0.4, -0.2) is 55.2 Å². The van der Waals surface area contributed by atoms with E-state index in [1.807, 2.05) is 13.8 Å². The Bertz CT molecular complexity index is 451. The number of hydrogen-bond donors (Lipinski definition) is 0. The quantitative estimate of drug-likeness (QED) is 0.755. The second-order valence-electron chi connectivity index (χ2n) is 6.64. The molecule has 1 rings (SSSR count). The standard InChI is InChI=1S/C12H24N2O4S/c1-11(2,3)10(15)18-13-7-8-14(19(6,16)17)12(4,5)9-13/h7-9H2,1-6H3. The third kappa shape index (κ3) is 4.15. The van der Waals surface area contributed by atoms with Crippen molar-refractivity contribution in [3.8, 4) is 0 Å². The minimum absolute atomic E-state index is 0.309. The first kappa shape index (κ1) is 16.4. The minimum atomic E-state index is -3.25. The Morgan fingerprint density at radius 1 is 1.21 bits per heavy atom. The number of carbonyl (C=O) groups is 1. The van der Waals surface area contributed by atoms with Gasteiger partial charge in [0.1, 0.15) is 0 Å². The molecular formula is C12H24N2O4S. The Labute approximate surface area is 115 Å². The summed E-state index contributed by atoms with van der Waals surface area (Å²) in [7, 11) is -3.25. The lowest BCUT2D eigenvalue weighted by molar-refractivity contribution is -0.212. The summed E-state index contributed by atoms with van der Waals surface area (Å²) >= 11 is 0. The Hall–Kier alpha value is -0.660. The highest BCUT2D eigenvalue weighted by Crippen LogP contribution is 2.25. The molecule has 0 radical (unpaired) electrons. The van der Waals surface area contributed by atoms with Gasteiger partial charge in [-0.2, -0.15) is 4.31 Å². The fourth-order valence-corrected chi connectivity index (χ4v) is 3.41. The van der Waals surface area contributed by atoms with Gasteiger partial charge >= 0.3 is 5.97 Å². The van der Waals surface area contributed by atoms with Crippen molar-refractivity contribution in [2.75, 3.05) is 25.9 Å².